The Morgan fingerprint density at radius 3 is 1.28 bits per heavy atom. The van der Waals surface area contributed by atoms with E-state index < -0.39 is 0 Å². The fourth-order valence-electron chi connectivity index (χ4n) is 4.04. The molecule has 1 rings (SSSR count). The molecule has 0 aliphatic carbocycles. The van der Waals surface area contributed by atoms with Crippen LogP contribution in [0.2, 0.25) is 0 Å². The average Bonchev–Trinajstić information content (AvgIpc) is 3.14. The van der Waals surface area contributed by atoms with Crippen LogP contribution in [0.4, 0.5) is 0 Å². The molecule has 1 heterocycles. The monoisotopic (exact) mass is 422 g/mol. The second-order valence-electron chi connectivity index (χ2n) is 8.99. The van der Waals surface area contributed by atoms with Crippen LogP contribution in [0.5, 0.6) is 5.75 Å². The van der Waals surface area contributed by atoms with Gasteiger partial charge in [0, 0.05) is 10.9 Å². The Labute approximate surface area is 187 Å². The van der Waals surface area contributed by atoms with Crippen molar-refractivity contribution in [3.05, 3.63) is 16.3 Å². The van der Waals surface area contributed by atoms with Crippen LogP contribution in [0.15, 0.2) is 10.8 Å². The molecule has 0 fully saturated rings. The first-order valence-electron chi connectivity index (χ1n) is 13.0. The van der Waals surface area contributed by atoms with Gasteiger partial charge in [-0.15, -0.1) is 11.3 Å². The molecule has 0 amide bonds. The highest BCUT2D eigenvalue weighted by molar-refractivity contribution is 7.08. The number of thiophene rings is 1. The first-order valence-corrected chi connectivity index (χ1v) is 13.9. The minimum absolute atomic E-state index is 0.885. The summed E-state index contributed by atoms with van der Waals surface area (Å²) in [6.07, 6.45) is 28.6. The zero-order valence-corrected chi connectivity index (χ0v) is 20.6. The van der Waals surface area contributed by atoms with Crippen molar-refractivity contribution < 1.29 is 4.74 Å². The van der Waals surface area contributed by atoms with Gasteiger partial charge < -0.3 is 4.74 Å². The van der Waals surface area contributed by atoms with E-state index in [-0.39, 0.29) is 0 Å². The van der Waals surface area contributed by atoms with Crippen LogP contribution in [-0.4, -0.2) is 6.61 Å². The molecule has 170 valence electrons. The molecular formula is C27H50OS. The first-order chi connectivity index (χ1) is 14.3. The summed E-state index contributed by atoms with van der Waals surface area (Å²) in [5.74, 6) is 1.09. The van der Waals surface area contributed by atoms with E-state index in [0.29, 0.717) is 0 Å². The van der Waals surface area contributed by atoms with Crippen molar-refractivity contribution in [3.8, 4) is 5.75 Å². The Hall–Kier alpha value is -0.500. The maximum absolute atomic E-state index is 5.82. The van der Waals surface area contributed by atoms with E-state index in [9.17, 15) is 0 Å². The van der Waals surface area contributed by atoms with Crippen LogP contribution in [-0.2, 0) is 0 Å². The Kier molecular flexibility index (Phi) is 19.0. The van der Waals surface area contributed by atoms with Gasteiger partial charge in [-0.2, -0.15) is 0 Å². The molecular weight excluding hydrogens is 372 g/mol. The normalized spacial score (nSPS) is 11.2. The fraction of sp³-hybridized carbons (Fsp3) is 0.852. The van der Waals surface area contributed by atoms with Gasteiger partial charge in [0.1, 0.15) is 5.75 Å². The van der Waals surface area contributed by atoms with E-state index in [1.807, 2.05) is 0 Å². The van der Waals surface area contributed by atoms with Gasteiger partial charge >= 0.3 is 0 Å². The van der Waals surface area contributed by atoms with Crippen LogP contribution in [0, 0.1) is 6.92 Å². The molecule has 0 atom stereocenters. The van der Waals surface area contributed by atoms with Gasteiger partial charge in [-0.1, -0.05) is 129 Å². The molecule has 29 heavy (non-hydrogen) atoms. The van der Waals surface area contributed by atoms with Crippen LogP contribution < -0.4 is 4.74 Å². The minimum Gasteiger partial charge on any atom is -0.492 e. The molecule has 0 N–H and O–H groups in total. The zero-order valence-electron chi connectivity index (χ0n) is 19.8. The summed E-state index contributed by atoms with van der Waals surface area (Å²) < 4.78 is 5.82. The maximum Gasteiger partial charge on any atom is 0.132 e. The molecule has 0 saturated carbocycles. The highest BCUT2D eigenvalue weighted by atomic mass is 32.1. The standard InChI is InChI=1S/C27H50OS/c1-3-4-5-6-7-8-9-10-11-12-13-14-15-16-17-18-19-20-21-22-23-28-27-25-29-24-26(27)2/h24-25H,3-23H2,1-2H3. The van der Waals surface area contributed by atoms with Crippen molar-refractivity contribution in [2.45, 2.75) is 142 Å². The number of ether oxygens (including phenoxy) is 1. The van der Waals surface area contributed by atoms with E-state index in [0.717, 1.165) is 12.4 Å². The Morgan fingerprint density at radius 2 is 0.931 bits per heavy atom. The summed E-state index contributed by atoms with van der Waals surface area (Å²) in [7, 11) is 0. The topological polar surface area (TPSA) is 9.23 Å². The van der Waals surface area contributed by atoms with Gasteiger partial charge in [-0.25, -0.2) is 0 Å². The summed E-state index contributed by atoms with van der Waals surface area (Å²) in [5.41, 5.74) is 1.28. The van der Waals surface area contributed by atoms with Crippen molar-refractivity contribution in [1.82, 2.24) is 0 Å². The Bertz CT molecular complexity index is 440. The minimum atomic E-state index is 0.885. The van der Waals surface area contributed by atoms with Gasteiger partial charge in [0.25, 0.3) is 0 Å². The lowest BCUT2D eigenvalue weighted by molar-refractivity contribution is 0.303. The molecule has 0 radical (unpaired) electrons. The van der Waals surface area contributed by atoms with Crippen LogP contribution in [0.1, 0.15) is 141 Å². The van der Waals surface area contributed by atoms with E-state index in [1.165, 1.54) is 134 Å². The third kappa shape index (κ3) is 16.9. The molecule has 2 heteroatoms. The van der Waals surface area contributed by atoms with Gasteiger partial charge in [-0.3, -0.25) is 0 Å². The van der Waals surface area contributed by atoms with Crippen molar-refractivity contribution in [2.75, 3.05) is 6.61 Å². The van der Waals surface area contributed by atoms with Crippen LogP contribution in [0.25, 0.3) is 0 Å². The lowest BCUT2D eigenvalue weighted by Crippen LogP contribution is -1.97. The fourth-order valence-corrected chi connectivity index (χ4v) is 4.80. The van der Waals surface area contributed by atoms with Crippen molar-refractivity contribution in [1.29, 1.82) is 0 Å². The number of unbranched alkanes of at least 4 members (excludes halogenated alkanes) is 19. The van der Waals surface area contributed by atoms with Crippen molar-refractivity contribution >= 4 is 11.3 Å². The highest BCUT2D eigenvalue weighted by Crippen LogP contribution is 2.22. The maximum atomic E-state index is 5.82. The average molecular weight is 423 g/mol. The molecule has 0 saturated heterocycles. The molecule has 0 aliphatic heterocycles. The van der Waals surface area contributed by atoms with Gasteiger partial charge in [0.2, 0.25) is 0 Å². The van der Waals surface area contributed by atoms with E-state index in [1.54, 1.807) is 11.3 Å². The van der Waals surface area contributed by atoms with Crippen LogP contribution >= 0.6 is 11.3 Å². The summed E-state index contributed by atoms with van der Waals surface area (Å²) in [6.45, 7) is 5.31. The molecule has 0 aliphatic rings. The number of rotatable bonds is 22. The third-order valence-electron chi connectivity index (χ3n) is 6.06. The Balaban J connectivity index is 1.67. The van der Waals surface area contributed by atoms with E-state index >= 15 is 0 Å². The van der Waals surface area contributed by atoms with Gasteiger partial charge in [0.05, 0.1) is 6.61 Å². The second-order valence-corrected chi connectivity index (χ2v) is 9.73. The van der Waals surface area contributed by atoms with Gasteiger partial charge in [-0.05, 0) is 18.7 Å². The van der Waals surface area contributed by atoms with E-state index in [4.69, 9.17) is 4.74 Å². The molecule has 0 spiro atoms. The summed E-state index contributed by atoms with van der Waals surface area (Å²) in [6, 6.07) is 0. The summed E-state index contributed by atoms with van der Waals surface area (Å²) >= 11 is 1.73. The van der Waals surface area contributed by atoms with Gasteiger partial charge in [0.15, 0.2) is 0 Å². The van der Waals surface area contributed by atoms with Crippen molar-refractivity contribution in [2.24, 2.45) is 0 Å². The number of hydrogen-bond donors (Lipinski definition) is 0. The summed E-state index contributed by atoms with van der Waals surface area (Å²) in [5, 5.41) is 4.28. The summed E-state index contributed by atoms with van der Waals surface area (Å²) in [4.78, 5) is 0. The lowest BCUT2D eigenvalue weighted by Gasteiger charge is -2.06. The largest absolute Gasteiger partial charge is 0.492 e. The third-order valence-corrected chi connectivity index (χ3v) is 6.90. The van der Waals surface area contributed by atoms with Crippen molar-refractivity contribution in [3.63, 3.8) is 0 Å². The predicted octanol–water partition coefficient (Wildman–Crippen LogP) is 10.3. The zero-order chi connectivity index (χ0) is 20.8. The molecule has 0 unspecified atom stereocenters. The molecule has 1 aromatic rings. The second kappa shape index (κ2) is 20.8. The molecule has 1 nitrogen and oxygen atoms in total. The Morgan fingerprint density at radius 1 is 0.552 bits per heavy atom. The molecule has 1 aromatic heterocycles. The molecule has 0 bridgehead atoms. The number of aryl methyl sites for hydroxylation is 1. The highest BCUT2D eigenvalue weighted by Gasteiger charge is 1.99. The molecule has 0 aromatic carbocycles. The lowest BCUT2D eigenvalue weighted by atomic mass is 10.0. The smallest absolute Gasteiger partial charge is 0.132 e. The SMILES string of the molecule is CCCCCCCCCCCCCCCCCCCCCCOc1cscc1C. The predicted molar refractivity (Wildman–Crippen MR) is 133 cm³/mol. The quantitative estimate of drug-likeness (QED) is 0.169. The number of hydrogen-bond acceptors (Lipinski definition) is 2. The first kappa shape index (κ1) is 26.5. The van der Waals surface area contributed by atoms with Crippen LogP contribution in [0.3, 0.4) is 0 Å². The van der Waals surface area contributed by atoms with E-state index in [2.05, 4.69) is 24.6 Å².